The highest BCUT2D eigenvalue weighted by Crippen LogP contribution is 2.42. The number of carbonyl (C=O) groups is 1. The van der Waals surface area contributed by atoms with Crippen molar-refractivity contribution >= 4 is 11.6 Å². The zero-order valence-corrected chi connectivity index (χ0v) is 21.4. The maximum absolute atomic E-state index is 14.6. The first-order valence-electron chi connectivity index (χ1n) is 12.7. The summed E-state index contributed by atoms with van der Waals surface area (Å²) in [5.41, 5.74) is 19.3. The lowest BCUT2D eigenvalue weighted by atomic mass is 9.69. The Kier molecular flexibility index (Phi) is 12.2. The molecule has 1 aromatic heterocycles. The number of hydrogen-bond acceptors (Lipinski definition) is 8. The van der Waals surface area contributed by atoms with Crippen LogP contribution in [0.4, 0.5) is 10.1 Å². The SMILES string of the molecule is CCCCC1(CCC)C/C=C(/F)CNC(C(C(=O)Nc2cnccc2C(NC)NCN)C(N)N)C1. The van der Waals surface area contributed by atoms with Crippen LogP contribution in [0.25, 0.3) is 0 Å². The molecule has 0 saturated carbocycles. The molecule has 0 radical (unpaired) electrons. The van der Waals surface area contributed by atoms with Gasteiger partial charge in [0.2, 0.25) is 5.91 Å². The molecule has 0 aromatic carbocycles. The van der Waals surface area contributed by atoms with Gasteiger partial charge in [0, 0.05) is 31.0 Å². The minimum atomic E-state index is -0.924. The fraction of sp³-hybridized carbons (Fsp3) is 0.680. The Balaban J connectivity index is 2.36. The van der Waals surface area contributed by atoms with Crippen LogP contribution >= 0.6 is 0 Å². The third kappa shape index (κ3) is 8.30. The van der Waals surface area contributed by atoms with Gasteiger partial charge in [-0.25, -0.2) is 4.39 Å². The summed E-state index contributed by atoms with van der Waals surface area (Å²) in [6.07, 6.45) is 10.1. The van der Waals surface area contributed by atoms with Crippen LogP contribution in [0.2, 0.25) is 0 Å². The van der Waals surface area contributed by atoms with Gasteiger partial charge in [-0.3, -0.25) is 15.1 Å². The third-order valence-electron chi connectivity index (χ3n) is 6.97. The number of nitrogens with one attached hydrogen (secondary N) is 4. The Morgan fingerprint density at radius 1 is 1.31 bits per heavy atom. The quantitative estimate of drug-likeness (QED) is 0.207. The Morgan fingerprint density at radius 3 is 2.71 bits per heavy atom. The Morgan fingerprint density at radius 2 is 2.09 bits per heavy atom. The van der Waals surface area contributed by atoms with Gasteiger partial charge in [0.1, 0.15) is 5.83 Å². The fourth-order valence-corrected chi connectivity index (χ4v) is 5.21. The molecular weight excluding hydrogens is 447 g/mol. The van der Waals surface area contributed by atoms with E-state index in [4.69, 9.17) is 17.2 Å². The molecule has 2 rings (SSSR count). The van der Waals surface area contributed by atoms with Crippen LogP contribution in [0.15, 0.2) is 30.4 Å². The molecule has 198 valence electrons. The second kappa shape index (κ2) is 14.6. The van der Waals surface area contributed by atoms with Crippen LogP contribution in [0, 0.1) is 11.3 Å². The molecule has 0 fully saturated rings. The van der Waals surface area contributed by atoms with E-state index in [9.17, 15) is 9.18 Å². The van der Waals surface area contributed by atoms with Crippen molar-refractivity contribution in [1.82, 2.24) is 20.9 Å². The van der Waals surface area contributed by atoms with Crippen molar-refractivity contribution in [3.8, 4) is 0 Å². The lowest BCUT2D eigenvalue weighted by Crippen LogP contribution is -2.56. The molecule has 35 heavy (non-hydrogen) atoms. The Hall–Kier alpha value is -1.95. The average Bonchev–Trinajstić information content (AvgIpc) is 2.82. The number of anilines is 1. The zero-order chi connectivity index (χ0) is 25.8. The summed E-state index contributed by atoms with van der Waals surface area (Å²) in [6.45, 7) is 4.60. The van der Waals surface area contributed by atoms with Crippen molar-refractivity contribution in [2.45, 2.75) is 77.2 Å². The number of unbranched alkanes of at least 4 members (excludes halogenated alkanes) is 1. The van der Waals surface area contributed by atoms with Crippen molar-refractivity contribution in [3.05, 3.63) is 35.9 Å². The van der Waals surface area contributed by atoms with Gasteiger partial charge < -0.3 is 33.2 Å². The number of rotatable bonds is 13. The van der Waals surface area contributed by atoms with Crippen LogP contribution in [0.1, 0.15) is 70.5 Å². The minimum Gasteiger partial charge on any atom is -0.324 e. The molecular formula is C25H45FN8O. The van der Waals surface area contributed by atoms with E-state index in [-0.39, 0.29) is 42.6 Å². The second-order valence-corrected chi connectivity index (χ2v) is 9.59. The molecule has 1 amide bonds. The molecule has 2 heterocycles. The van der Waals surface area contributed by atoms with E-state index >= 15 is 0 Å². The standard InChI is InChI=1S/C25H45FN8O/c1-4-6-10-25(9-5-2)11-7-17(26)14-32-19(13-25)21(22(28)29)24(35)34-20-15-31-12-8-18(20)23(30-3)33-16-27/h7-8,12,15,19,21-23,30,32-33H,4-6,9-11,13-14,16,27-29H2,1-3H3,(H,34,35)/b17-7+. The van der Waals surface area contributed by atoms with Crippen LogP contribution in [0.5, 0.6) is 0 Å². The Bertz CT molecular complexity index is 820. The van der Waals surface area contributed by atoms with Gasteiger partial charge in [-0.2, -0.15) is 0 Å². The summed E-state index contributed by atoms with van der Waals surface area (Å²) in [5.74, 6) is -1.29. The molecule has 1 aliphatic rings. The second-order valence-electron chi connectivity index (χ2n) is 9.59. The summed E-state index contributed by atoms with van der Waals surface area (Å²) >= 11 is 0. The normalized spacial score (nSPS) is 24.2. The highest BCUT2D eigenvalue weighted by molar-refractivity contribution is 5.94. The van der Waals surface area contributed by atoms with E-state index < -0.39 is 12.1 Å². The van der Waals surface area contributed by atoms with Gasteiger partial charge in [0.25, 0.3) is 0 Å². The zero-order valence-electron chi connectivity index (χ0n) is 21.4. The van der Waals surface area contributed by atoms with E-state index in [0.29, 0.717) is 18.5 Å². The first-order chi connectivity index (χ1) is 16.8. The first kappa shape index (κ1) is 29.3. The van der Waals surface area contributed by atoms with Crippen molar-refractivity contribution in [3.63, 3.8) is 0 Å². The monoisotopic (exact) mass is 492 g/mol. The lowest BCUT2D eigenvalue weighted by Gasteiger charge is -2.41. The molecule has 0 spiro atoms. The van der Waals surface area contributed by atoms with Crippen LogP contribution < -0.4 is 38.5 Å². The number of halogens is 1. The van der Waals surface area contributed by atoms with Crippen molar-refractivity contribution in [1.29, 1.82) is 0 Å². The summed E-state index contributed by atoms with van der Waals surface area (Å²) in [7, 11) is 1.79. The van der Waals surface area contributed by atoms with E-state index in [0.717, 1.165) is 37.7 Å². The highest BCUT2D eigenvalue weighted by atomic mass is 19.1. The molecule has 1 aliphatic heterocycles. The van der Waals surface area contributed by atoms with E-state index in [2.05, 4.69) is 40.1 Å². The van der Waals surface area contributed by atoms with E-state index in [1.807, 2.05) is 6.07 Å². The lowest BCUT2D eigenvalue weighted by molar-refractivity contribution is -0.121. The van der Waals surface area contributed by atoms with Crippen molar-refractivity contribution in [2.24, 2.45) is 28.5 Å². The topological polar surface area (TPSA) is 156 Å². The van der Waals surface area contributed by atoms with Crippen LogP contribution in [-0.4, -0.2) is 43.4 Å². The van der Waals surface area contributed by atoms with Gasteiger partial charge >= 0.3 is 0 Å². The Labute approximate surface area is 209 Å². The molecule has 0 saturated heterocycles. The largest absolute Gasteiger partial charge is 0.324 e. The van der Waals surface area contributed by atoms with Gasteiger partial charge in [0.05, 0.1) is 30.1 Å². The number of aromatic nitrogens is 1. The smallest absolute Gasteiger partial charge is 0.232 e. The molecule has 0 aliphatic carbocycles. The van der Waals surface area contributed by atoms with E-state index in [1.165, 1.54) is 0 Å². The maximum atomic E-state index is 14.6. The van der Waals surface area contributed by atoms with Crippen molar-refractivity contribution < 1.29 is 9.18 Å². The molecule has 1 aromatic rings. The number of carbonyl (C=O) groups excluding carboxylic acids is 1. The number of amides is 1. The summed E-state index contributed by atoms with van der Waals surface area (Å²) < 4.78 is 14.6. The number of nitrogens with zero attached hydrogens (tertiary/aromatic N) is 1. The third-order valence-corrected chi connectivity index (χ3v) is 6.97. The summed E-state index contributed by atoms with van der Waals surface area (Å²) in [6, 6.07) is 1.43. The predicted molar refractivity (Wildman–Crippen MR) is 140 cm³/mol. The first-order valence-corrected chi connectivity index (χ1v) is 12.7. The average molecular weight is 493 g/mol. The molecule has 0 bridgehead atoms. The molecule has 9 nitrogen and oxygen atoms in total. The van der Waals surface area contributed by atoms with Gasteiger partial charge in [-0.15, -0.1) is 0 Å². The minimum absolute atomic E-state index is 0.0531. The molecule has 10 heteroatoms. The summed E-state index contributed by atoms with van der Waals surface area (Å²) in [5, 5.41) is 12.5. The number of pyridine rings is 1. The summed E-state index contributed by atoms with van der Waals surface area (Å²) in [4.78, 5) is 17.8. The number of allylic oxidation sites excluding steroid dienone is 1. The highest BCUT2D eigenvalue weighted by Gasteiger charge is 2.40. The fourth-order valence-electron chi connectivity index (χ4n) is 5.21. The van der Waals surface area contributed by atoms with Gasteiger partial charge in [0.15, 0.2) is 0 Å². The van der Waals surface area contributed by atoms with E-state index in [1.54, 1.807) is 25.5 Å². The predicted octanol–water partition coefficient (Wildman–Crippen LogP) is 2.19. The molecule has 10 N–H and O–H groups in total. The van der Waals surface area contributed by atoms with Crippen LogP contribution in [-0.2, 0) is 4.79 Å². The van der Waals surface area contributed by atoms with Gasteiger partial charge in [-0.1, -0.05) is 39.2 Å². The van der Waals surface area contributed by atoms with Crippen LogP contribution in [0.3, 0.4) is 0 Å². The molecule has 4 unspecified atom stereocenters. The van der Waals surface area contributed by atoms with Crippen molar-refractivity contribution in [2.75, 3.05) is 25.6 Å². The number of nitrogens with two attached hydrogens (primary N) is 3. The number of hydrogen-bond donors (Lipinski definition) is 7. The molecule has 4 atom stereocenters. The van der Waals surface area contributed by atoms with Gasteiger partial charge in [-0.05, 0) is 44.2 Å². The maximum Gasteiger partial charge on any atom is 0.232 e.